The number of nitrogens with zero attached hydrogens (tertiary/aromatic N) is 2. The van der Waals surface area contributed by atoms with Crippen LogP contribution in [0.3, 0.4) is 0 Å². The molecule has 3 atom stereocenters. The number of benzene rings is 2. The van der Waals surface area contributed by atoms with Crippen molar-refractivity contribution < 1.29 is 27.9 Å². The molecule has 1 fully saturated rings. The van der Waals surface area contributed by atoms with Crippen molar-refractivity contribution >= 4 is 52.2 Å². The second-order valence-electron chi connectivity index (χ2n) is 8.95. The predicted octanol–water partition coefficient (Wildman–Crippen LogP) is 4.09. The normalized spacial score (nSPS) is 20.1. The summed E-state index contributed by atoms with van der Waals surface area (Å²) >= 11 is 2.04. The summed E-state index contributed by atoms with van der Waals surface area (Å²) in [5, 5.41) is 2.27. The zero-order chi connectivity index (χ0) is 27.3. The Kier molecular flexibility index (Phi) is 6.35. The second-order valence-corrected chi connectivity index (χ2v) is 11.1. The van der Waals surface area contributed by atoms with Crippen LogP contribution in [0.25, 0.3) is 0 Å². The number of carbonyl (C=O) groups is 3. The summed E-state index contributed by atoms with van der Waals surface area (Å²) in [4.78, 5) is 54.7. The number of hydrogen-bond donors (Lipinski definition) is 1. The molecule has 2 unspecified atom stereocenters. The van der Waals surface area contributed by atoms with Gasteiger partial charge in [0.25, 0.3) is 0 Å². The topological polar surface area (TPSA) is 111 Å². The second kappa shape index (κ2) is 9.86. The van der Waals surface area contributed by atoms with Crippen molar-refractivity contribution in [1.82, 2.24) is 4.57 Å². The van der Waals surface area contributed by atoms with Crippen LogP contribution in [-0.4, -0.2) is 34.6 Å². The maximum Gasteiger partial charge on any atom is 0.308 e. The van der Waals surface area contributed by atoms with Gasteiger partial charge in [0.2, 0.25) is 17.7 Å². The van der Waals surface area contributed by atoms with E-state index in [0.717, 1.165) is 28.0 Å². The monoisotopic (exact) mass is 565 g/mol. The molecule has 0 spiro atoms. The number of carbonyl (C=O) groups excluding carboxylic acids is 3. The van der Waals surface area contributed by atoms with Gasteiger partial charge < -0.3 is 14.5 Å². The number of thiazole rings is 1. The van der Waals surface area contributed by atoms with E-state index in [1.165, 1.54) is 42.2 Å². The Hall–Kier alpha value is -4.16. The number of imide groups is 1. The molecule has 0 aliphatic carbocycles. The lowest BCUT2D eigenvalue weighted by molar-refractivity contribution is -0.122. The van der Waals surface area contributed by atoms with Crippen molar-refractivity contribution in [2.24, 2.45) is 5.92 Å². The zero-order valence-corrected chi connectivity index (χ0v) is 22.0. The third kappa shape index (κ3) is 4.35. The lowest BCUT2D eigenvalue weighted by Gasteiger charge is -2.29. The molecule has 1 N–H and O–H groups in total. The number of anilines is 2. The molecule has 198 valence electrons. The fourth-order valence-corrected chi connectivity index (χ4v) is 7.65. The van der Waals surface area contributed by atoms with E-state index in [0.29, 0.717) is 32.8 Å². The highest BCUT2D eigenvalue weighted by molar-refractivity contribution is 8.00. The largest absolute Gasteiger partial charge is 0.497 e. The SMILES string of the molecule is COc1ccc(N2C(=O)C3Sc4c(sc(=O)n4CC(=O)Nc4ccc(F)cc4)[C@H](c4ccco4)C3C2=O)cc1. The van der Waals surface area contributed by atoms with E-state index in [9.17, 15) is 23.6 Å². The van der Waals surface area contributed by atoms with Crippen LogP contribution in [0.2, 0.25) is 0 Å². The number of fused-ring (bicyclic) bond motifs is 2. The molecule has 0 bridgehead atoms. The van der Waals surface area contributed by atoms with Gasteiger partial charge in [-0.1, -0.05) is 23.1 Å². The summed E-state index contributed by atoms with van der Waals surface area (Å²) in [6.07, 6.45) is 1.48. The zero-order valence-electron chi connectivity index (χ0n) is 20.3. The van der Waals surface area contributed by atoms with Crippen LogP contribution in [0.5, 0.6) is 5.75 Å². The van der Waals surface area contributed by atoms with E-state index in [4.69, 9.17) is 9.15 Å². The third-order valence-electron chi connectivity index (χ3n) is 6.66. The Labute approximate surface area is 229 Å². The van der Waals surface area contributed by atoms with Crippen molar-refractivity contribution in [1.29, 1.82) is 0 Å². The highest BCUT2D eigenvalue weighted by Crippen LogP contribution is 2.54. The number of ether oxygens (including phenoxy) is 1. The van der Waals surface area contributed by atoms with Crippen LogP contribution in [-0.2, 0) is 20.9 Å². The van der Waals surface area contributed by atoms with Crippen molar-refractivity contribution in [3.05, 3.63) is 93.0 Å². The first-order valence-corrected chi connectivity index (χ1v) is 13.6. The highest BCUT2D eigenvalue weighted by atomic mass is 32.2. The van der Waals surface area contributed by atoms with Crippen LogP contribution in [0.4, 0.5) is 15.8 Å². The van der Waals surface area contributed by atoms with Crippen molar-refractivity contribution in [3.63, 3.8) is 0 Å². The number of nitrogens with one attached hydrogen (secondary N) is 1. The molecule has 0 radical (unpaired) electrons. The van der Waals surface area contributed by atoms with E-state index in [2.05, 4.69) is 5.32 Å². The Balaban J connectivity index is 1.36. The lowest BCUT2D eigenvalue weighted by Crippen LogP contribution is -2.32. The maximum atomic E-state index is 13.8. The number of rotatable bonds is 6. The minimum atomic E-state index is -0.831. The van der Waals surface area contributed by atoms with Gasteiger partial charge in [0.1, 0.15) is 29.1 Å². The first-order valence-electron chi connectivity index (χ1n) is 11.9. The molecule has 3 amide bonds. The van der Waals surface area contributed by atoms with E-state index in [-0.39, 0.29) is 6.54 Å². The molecule has 2 aliphatic rings. The van der Waals surface area contributed by atoms with Gasteiger partial charge in [-0.05, 0) is 60.7 Å². The predicted molar refractivity (Wildman–Crippen MR) is 143 cm³/mol. The van der Waals surface area contributed by atoms with Gasteiger partial charge in [-0.3, -0.25) is 23.7 Å². The summed E-state index contributed by atoms with van der Waals surface area (Å²) in [5.74, 6) is -2.18. The fourth-order valence-electron chi connectivity index (χ4n) is 4.89. The molecular formula is C27H20FN3O6S2. The molecular weight excluding hydrogens is 545 g/mol. The number of halogens is 1. The van der Waals surface area contributed by atoms with Crippen LogP contribution >= 0.6 is 23.1 Å². The molecule has 39 heavy (non-hydrogen) atoms. The van der Waals surface area contributed by atoms with Gasteiger partial charge >= 0.3 is 4.87 Å². The average Bonchev–Trinajstić information content (AvgIpc) is 3.63. The maximum absolute atomic E-state index is 13.8. The molecule has 0 saturated carbocycles. The lowest BCUT2D eigenvalue weighted by atomic mass is 9.87. The summed E-state index contributed by atoms with van der Waals surface area (Å²) in [7, 11) is 1.53. The molecule has 9 nitrogen and oxygen atoms in total. The number of methoxy groups -OCH3 is 1. The number of hydrogen-bond acceptors (Lipinski definition) is 8. The van der Waals surface area contributed by atoms with Crippen LogP contribution < -0.4 is 19.8 Å². The first-order chi connectivity index (χ1) is 18.9. The van der Waals surface area contributed by atoms with Crippen molar-refractivity contribution in [2.75, 3.05) is 17.3 Å². The van der Waals surface area contributed by atoms with E-state index >= 15 is 0 Å². The van der Waals surface area contributed by atoms with Crippen LogP contribution in [0.15, 0.2) is 81.2 Å². The smallest absolute Gasteiger partial charge is 0.308 e. The van der Waals surface area contributed by atoms with Crippen molar-refractivity contribution in [2.45, 2.75) is 22.7 Å². The summed E-state index contributed by atoms with van der Waals surface area (Å²) in [5.41, 5.74) is 0.796. The Morgan fingerprint density at radius 2 is 1.79 bits per heavy atom. The summed E-state index contributed by atoms with van der Waals surface area (Å²) in [6, 6.07) is 15.3. The van der Waals surface area contributed by atoms with Crippen LogP contribution in [0.1, 0.15) is 16.6 Å². The van der Waals surface area contributed by atoms with E-state index in [1.807, 2.05) is 0 Å². The highest BCUT2D eigenvalue weighted by Gasteiger charge is 2.57. The van der Waals surface area contributed by atoms with Gasteiger partial charge in [0.15, 0.2) is 0 Å². The minimum absolute atomic E-state index is 0.318. The van der Waals surface area contributed by atoms with Gasteiger partial charge in [-0.25, -0.2) is 9.29 Å². The minimum Gasteiger partial charge on any atom is -0.497 e. The van der Waals surface area contributed by atoms with Crippen molar-refractivity contribution in [3.8, 4) is 5.75 Å². The first kappa shape index (κ1) is 25.1. The Bertz CT molecular complexity index is 1630. The molecule has 12 heteroatoms. The van der Waals surface area contributed by atoms with Gasteiger partial charge in [0, 0.05) is 5.69 Å². The standard InChI is InChI=1S/C27H20FN3O6S2/c1-36-17-10-8-16(9-11-17)31-24(33)21-20(18-3-2-12-37-18)23-26(38-22(21)25(31)34)30(27(35)39-23)13-19(32)29-15-6-4-14(28)5-7-15/h2-12,20-22H,13H2,1H3,(H,29,32)/t20-,21?,22?/m1/s1. The number of aromatic nitrogens is 1. The molecule has 6 rings (SSSR count). The molecule has 4 heterocycles. The summed E-state index contributed by atoms with van der Waals surface area (Å²) in [6.45, 7) is -0.318. The van der Waals surface area contributed by atoms with Gasteiger partial charge in [-0.2, -0.15) is 0 Å². The fraction of sp³-hybridized carbons (Fsp3) is 0.185. The van der Waals surface area contributed by atoms with E-state index in [1.54, 1.807) is 36.4 Å². The van der Waals surface area contributed by atoms with E-state index < -0.39 is 45.5 Å². The number of thioether (sulfide) groups is 1. The number of amides is 3. The van der Waals surface area contributed by atoms with Gasteiger partial charge in [0.05, 0.1) is 40.8 Å². The number of furan rings is 1. The molecule has 2 aromatic heterocycles. The third-order valence-corrected chi connectivity index (χ3v) is 9.26. The summed E-state index contributed by atoms with van der Waals surface area (Å²) < 4.78 is 25.4. The van der Waals surface area contributed by atoms with Crippen LogP contribution in [0, 0.1) is 11.7 Å². The Morgan fingerprint density at radius 3 is 2.46 bits per heavy atom. The molecule has 1 saturated heterocycles. The van der Waals surface area contributed by atoms with Gasteiger partial charge in [-0.15, -0.1) is 0 Å². The molecule has 4 aromatic rings. The molecule has 2 aromatic carbocycles. The molecule has 2 aliphatic heterocycles. The quantitative estimate of drug-likeness (QED) is 0.351. The Morgan fingerprint density at radius 1 is 1.05 bits per heavy atom. The average molecular weight is 566 g/mol.